The Morgan fingerprint density at radius 1 is 1.15 bits per heavy atom. The van der Waals surface area contributed by atoms with E-state index in [9.17, 15) is 9.59 Å². The first-order chi connectivity index (χ1) is 9.63. The van der Waals surface area contributed by atoms with Gasteiger partial charge in [0.05, 0.1) is 13.2 Å². The van der Waals surface area contributed by atoms with E-state index in [0.29, 0.717) is 12.2 Å². The molecule has 6 heteroatoms. The number of amides is 3. The van der Waals surface area contributed by atoms with Crippen LogP contribution in [0.25, 0.3) is 0 Å². The van der Waals surface area contributed by atoms with Crippen LogP contribution in [0.15, 0.2) is 30.3 Å². The molecule has 0 atom stereocenters. The van der Waals surface area contributed by atoms with Crippen LogP contribution in [-0.4, -0.2) is 36.7 Å². The maximum atomic E-state index is 11.6. The van der Waals surface area contributed by atoms with Gasteiger partial charge in [0.15, 0.2) is 0 Å². The number of carbonyl (C=O) groups excluding carboxylic acids is 2. The van der Waals surface area contributed by atoms with Crippen LogP contribution < -0.4 is 16.0 Å². The largest absolute Gasteiger partial charge is 0.396 e. The molecule has 0 aromatic heterocycles. The molecule has 1 aromatic rings. The van der Waals surface area contributed by atoms with Crippen molar-refractivity contribution in [1.82, 2.24) is 10.6 Å². The fourth-order valence-electron chi connectivity index (χ4n) is 1.77. The van der Waals surface area contributed by atoms with Gasteiger partial charge in [-0.3, -0.25) is 4.79 Å². The second-order valence-electron chi connectivity index (χ2n) is 5.11. The second kappa shape index (κ2) is 6.38. The van der Waals surface area contributed by atoms with Crippen LogP contribution in [0.1, 0.15) is 12.8 Å². The summed E-state index contributed by atoms with van der Waals surface area (Å²) in [4.78, 5) is 23.1. The van der Waals surface area contributed by atoms with Gasteiger partial charge in [-0.25, -0.2) is 4.79 Å². The zero-order valence-corrected chi connectivity index (χ0v) is 11.2. The third-order valence-corrected chi connectivity index (χ3v) is 3.39. The van der Waals surface area contributed by atoms with Crippen LogP contribution in [0.4, 0.5) is 10.5 Å². The second-order valence-corrected chi connectivity index (χ2v) is 5.11. The van der Waals surface area contributed by atoms with E-state index in [1.807, 2.05) is 18.2 Å². The zero-order valence-electron chi connectivity index (χ0n) is 11.2. The van der Waals surface area contributed by atoms with Gasteiger partial charge in [-0.05, 0) is 25.0 Å². The molecule has 1 saturated carbocycles. The highest BCUT2D eigenvalue weighted by atomic mass is 16.3. The Morgan fingerprint density at radius 3 is 2.45 bits per heavy atom. The molecule has 0 bridgehead atoms. The smallest absolute Gasteiger partial charge is 0.319 e. The number of anilines is 1. The Hall–Kier alpha value is -2.08. The molecule has 1 aliphatic rings. The Morgan fingerprint density at radius 2 is 1.85 bits per heavy atom. The molecule has 3 amide bonds. The topological polar surface area (TPSA) is 90.5 Å². The number of para-hydroxylation sites is 1. The van der Waals surface area contributed by atoms with Crippen molar-refractivity contribution in [2.24, 2.45) is 5.41 Å². The highest BCUT2D eigenvalue weighted by Gasteiger charge is 2.41. The monoisotopic (exact) mass is 277 g/mol. The van der Waals surface area contributed by atoms with E-state index in [1.165, 1.54) is 0 Å². The molecule has 1 aliphatic carbocycles. The lowest BCUT2D eigenvalue weighted by molar-refractivity contribution is -0.120. The van der Waals surface area contributed by atoms with Gasteiger partial charge in [0.25, 0.3) is 0 Å². The highest BCUT2D eigenvalue weighted by molar-refractivity contribution is 5.92. The Kier molecular flexibility index (Phi) is 4.57. The molecule has 0 spiro atoms. The third kappa shape index (κ3) is 4.24. The van der Waals surface area contributed by atoms with E-state index in [1.54, 1.807) is 12.1 Å². The van der Waals surface area contributed by atoms with Gasteiger partial charge in [-0.2, -0.15) is 0 Å². The summed E-state index contributed by atoms with van der Waals surface area (Å²) in [5.74, 6) is -0.257. The maximum Gasteiger partial charge on any atom is 0.319 e. The van der Waals surface area contributed by atoms with E-state index in [0.717, 1.165) is 12.8 Å². The standard InChI is InChI=1S/C14H19N3O3/c18-10-14(6-7-14)9-16-12(19)8-15-13(20)17-11-4-2-1-3-5-11/h1-5,18H,6-10H2,(H,16,19)(H2,15,17,20). The summed E-state index contributed by atoms with van der Waals surface area (Å²) >= 11 is 0. The summed E-state index contributed by atoms with van der Waals surface area (Å²) in [6, 6.07) is 8.58. The van der Waals surface area contributed by atoms with Crippen LogP contribution in [0, 0.1) is 5.41 Å². The third-order valence-electron chi connectivity index (χ3n) is 3.39. The minimum atomic E-state index is -0.422. The first-order valence-corrected chi connectivity index (χ1v) is 6.61. The summed E-state index contributed by atoms with van der Waals surface area (Å²) in [5, 5.41) is 16.9. The highest BCUT2D eigenvalue weighted by Crippen LogP contribution is 2.44. The normalized spacial score (nSPS) is 15.2. The Balaban J connectivity index is 1.64. The van der Waals surface area contributed by atoms with Crippen LogP contribution in [0.3, 0.4) is 0 Å². The van der Waals surface area contributed by atoms with Crippen molar-refractivity contribution in [3.8, 4) is 0 Å². The molecule has 0 radical (unpaired) electrons. The number of hydrogen-bond donors (Lipinski definition) is 4. The fourth-order valence-corrected chi connectivity index (χ4v) is 1.77. The van der Waals surface area contributed by atoms with Crippen molar-refractivity contribution in [3.63, 3.8) is 0 Å². The Labute approximate surface area is 117 Å². The summed E-state index contributed by atoms with van der Waals surface area (Å²) in [7, 11) is 0. The predicted molar refractivity (Wildman–Crippen MR) is 75.2 cm³/mol. The summed E-state index contributed by atoms with van der Waals surface area (Å²) in [5.41, 5.74) is 0.546. The average molecular weight is 277 g/mol. The van der Waals surface area contributed by atoms with Crippen LogP contribution in [0.2, 0.25) is 0 Å². The minimum absolute atomic E-state index is 0.0832. The number of carbonyl (C=O) groups is 2. The molecular formula is C14H19N3O3. The molecule has 4 N–H and O–H groups in total. The number of aliphatic hydroxyl groups excluding tert-OH is 1. The molecule has 2 rings (SSSR count). The molecule has 1 aromatic carbocycles. The molecule has 20 heavy (non-hydrogen) atoms. The van der Waals surface area contributed by atoms with Crippen molar-refractivity contribution >= 4 is 17.6 Å². The molecule has 0 saturated heterocycles. The zero-order chi connectivity index (χ0) is 14.4. The number of urea groups is 1. The fraction of sp³-hybridized carbons (Fsp3) is 0.429. The van der Waals surface area contributed by atoms with E-state index in [2.05, 4.69) is 16.0 Å². The van der Waals surface area contributed by atoms with Crippen molar-refractivity contribution in [2.45, 2.75) is 12.8 Å². The molecule has 108 valence electrons. The van der Waals surface area contributed by atoms with Gasteiger partial charge < -0.3 is 21.1 Å². The number of aliphatic hydroxyl groups is 1. The van der Waals surface area contributed by atoms with E-state index >= 15 is 0 Å². The van der Waals surface area contributed by atoms with Crippen LogP contribution in [0.5, 0.6) is 0 Å². The maximum absolute atomic E-state index is 11.6. The van der Waals surface area contributed by atoms with Crippen molar-refractivity contribution in [1.29, 1.82) is 0 Å². The van der Waals surface area contributed by atoms with E-state index < -0.39 is 6.03 Å². The van der Waals surface area contributed by atoms with Crippen molar-refractivity contribution < 1.29 is 14.7 Å². The SMILES string of the molecule is O=C(CNC(=O)Nc1ccccc1)NCC1(CO)CC1. The van der Waals surface area contributed by atoms with E-state index in [4.69, 9.17) is 5.11 Å². The predicted octanol–water partition coefficient (Wildman–Crippen LogP) is 0.697. The number of hydrogen-bond acceptors (Lipinski definition) is 3. The lowest BCUT2D eigenvalue weighted by Crippen LogP contribution is -2.41. The average Bonchev–Trinajstić information content (AvgIpc) is 3.25. The van der Waals surface area contributed by atoms with Gasteiger partial charge in [0.2, 0.25) is 5.91 Å². The molecule has 1 fully saturated rings. The van der Waals surface area contributed by atoms with Crippen molar-refractivity contribution in [2.75, 3.05) is 25.0 Å². The van der Waals surface area contributed by atoms with Gasteiger partial charge in [-0.1, -0.05) is 18.2 Å². The van der Waals surface area contributed by atoms with Crippen LogP contribution >= 0.6 is 0 Å². The summed E-state index contributed by atoms with van der Waals surface area (Å²) < 4.78 is 0. The molecule has 0 heterocycles. The minimum Gasteiger partial charge on any atom is -0.396 e. The molecular weight excluding hydrogens is 258 g/mol. The van der Waals surface area contributed by atoms with Gasteiger partial charge in [-0.15, -0.1) is 0 Å². The number of benzene rings is 1. The summed E-state index contributed by atoms with van der Waals surface area (Å²) in [6.45, 7) is 0.472. The molecule has 0 unspecified atom stereocenters. The Bertz CT molecular complexity index is 472. The van der Waals surface area contributed by atoms with Gasteiger partial charge >= 0.3 is 6.03 Å². The lowest BCUT2D eigenvalue weighted by Gasteiger charge is -2.13. The van der Waals surface area contributed by atoms with Crippen molar-refractivity contribution in [3.05, 3.63) is 30.3 Å². The first kappa shape index (κ1) is 14.3. The van der Waals surface area contributed by atoms with Gasteiger partial charge in [0.1, 0.15) is 0 Å². The number of rotatable bonds is 6. The van der Waals surface area contributed by atoms with Gasteiger partial charge in [0, 0.05) is 17.6 Å². The first-order valence-electron chi connectivity index (χ1n) is 6.61. The lowest BCUT2D eigenvalue weighted by atomic mass is 10.1. The molecule has 6 nitrogen and oxygen atoms in total. The summed E-state index contributed by atoms with van der Waals surface area (Å²) in [6.07, 6.45) is 1.87. The molecule has 0 aliphatic heterocycles. The number of nitrogens with one attached hydrogen (secondary N) is 3. The van der Waals surface area contributed by atoms with E-state index in [-0.39, 0.29) is 24.5 Å². The van der Waals surface area contributed by atoms with Crippen LogP contribution in [-0.2, 0) is 4.79 Å². The quantitative estimate of drug-likeness (QED) is 0.617.